The maximum absolute atomic E-state index is 11.5. The molecule has 0 spiro atoms. The van der Waals surface area contributed by atoms with Crippen LogP contribution in [0.2, 0.25) is 0 Å². The molecule has 5 N–H and O–H groups in total. The zero-order valence-corrected chi connectivity index (χ0v) is 19.2. The first-order valence-electron chi connectivity index (χ1n) is 10.3. The molecule has 0 amide bonds. The van der Waals surface area contributed by atoms with Gasteiger partial charge in [0.1, 0.15) is 5.75 Å². The maximum Gasteiger partial charge on any atom is 0.229 e. The molecule has 0 aromatic heterocycles. The summed E-state index contributed by atoms with van der Waals surface area (Å²) in [5.41, 5.74) is 2.39. The summed E-state index contributed by atoms with van der Waals surface area (Å²) >= 11 is 0. The Balaban J connectivity index is 1.81. The van der Waals surface area contributed by atoms with Crippen LogP contribution in [0.5, 0.6) is 17.2 Å². The van der Waals surface area contributed by atoms with Crippen molar-refractivity contribution in [1.82, 2.24) is 5.32 Å². The molecule has 0 bridgehead atoms. The average Bonchev–Trinajstić information content (AvgIpc) is 2.78. The predicted octanol–water partition coefficient (Wildman–Crippen LogP) is 3.08. The van der Waals surface area contributed by atoms with Crippen molar-refractivity contribution >= 4 is 15.7 Å². The fraction of sp³-hybridized carbons (Fsp3) is 0.250. The number of aliphatic hydroxyl groups excluding tert-OH is 1. The number of rotatable bonds is 10. The lowest BCUT2D eigenvalue weighted by atomic mass is 9.97. The van der Waals surface area contributed by atoms with Crippen LogP contribution in [0.3, 0.4) is 0 Å². The number of ether oxygens (including phenoxy) is 1. The van der Waals surface area contributed by atoms with Crippen molar-refractivity contribution in [1.29, 1.82) is 0 Å². The standard InChI is InChI=1S/C24H28N2O6S/c1-32-24-14-17(8-11-22(24)28)19(12-16-6-4-3-5-7-16)25-15-23(29)18-9-10-21(27)20(13-18)26-33(2,30)31/h3-11,13-14,19,23,25-29H,12,15H2,1-2H3/t19?,23-/m0/s1. The Labute approximate surface area is 193 Å². The highest BCUT2D eigenvalue weighted by Crippen LogP contribution is 2.31. The number of hydrogen-bond acceptors (Lipinski definition) is 7. The number of nitrogens with one attached hydrogen (secondary N) is 2. The highest BCUT2D eigenvalue weighted by Gasteiger charge is 2.18. The summed E-state index contributed by atoms with van der Waals surface area (Å²) in [5, 5.41) is 34.0. The summed E-state index contributed by atoms with van der Waals surface area (Å²) in [6, 6.07) is 19.0. The number of aromatic hydroxyl groups is 2. The van der Waals surface area contributed by atoms with Gasteiger partial charge in [0.25, 0.3) is 0 Å². The first-order chi connectivity index (χ1) is 15.7. The molecule has 0 heterocycles. The Morgan fingerprint density at radius 2 is 1.61 bits per heavy atom. The van der Waals surface area contributed by atoms with Gasteiger partial charge < -0.3 is 25.4 Å². The van der Waals surface area contributed by atoms with Crippen molar-refractivity contribution in [2.75, 3.05) is 24.6 Å². The van der Waals surface area contributed by atoms with Crippen molar-refractivity contribution < 1.29 is 28.5 Å². The molecule has 3 rings (SSSR count). The van der Waals surface area contributed by atoms with Gasteiger partial charge in [-0.1, -0.05) is 42.5 Å². The molecule has 3 aromatic carbocycles. The van der Waals surface area contributed by atoms with E-state index in [-0.39, 0.29) is 29.8 Å². The zero-order chi connectivity index (χ0) is 24.0. The monoisotopic (exact) mass is 472 g/mol. The van der Waals surface area contributed by atoms with Crippen LogP contribution in [-0.4, -0.2) is 43.6 Å². The van der Waals surface area contributed by atoms with Crippen LogP contribution in [0.25, 0.3) is 0 Å². The third kappa shape index (κ3) is 6.85. The summed E-state index contributed by atoms with van der Waals surface area (Å²) in [4.78, 5) is 0. The summed E-state index contributed by atoms with van der Waals surface area (Å²) < 4.78 is 30.5. The van der Waals surface area contributed by atoms with E-state index in [4.69, 9.17) is 4.74 Å². The van der Waals surface area contributed by atoms with E-state index in [9.17, 15) is 23.7 Å². The molecule has 0 radical (unpaired) electrons. The van der Waals surface area contributed by atoms with E-state index in [0.29, 0.717) is 17.7 Å². The molecule has 0 aliphatic heterocycles. The van der Waals surface area contributed by atoms with Crippen molar-refractivity contribution in [2.24, 2.45) is 0 Å². The largest absolute Gasteiger partial charge is 0.506 e. The Bertz CT molecular complexity index is 1180. The minimum absolute atomic E-state index is 0.00171. The van der Waals surface area contributed by atoms with Gasteiger partial charge in [-0.3, -0.25) is 4.72 Å². The van der Waals surface area contributed by atoms with Gasteiger partial charge in [-0.2, -0.15) is 0 Å². The molecule has 0 aliphatic carbocycles. The van der Waals surface area contributed by atoms with Gasteiger partial charge >= 0.3 is 0 Å². The number of methoxy groups -OCH3 is 1. The Morgan fingerprint density at radius 3 is 2.27 bits per heavy atom. The van der Waals surface area contributed by atoms with Gasteiger partial charge in [-0.05, 0) is 47.4 Å². The van der Waals surface area contributed by atoms with Crippen LogP contribution in [-0.2, 0) is 16.4 Å². The third-order valence-corrected chi connectivity index (χ3v) is 5.74. The molecule has 1 unspecified atom stereocenters. The lowest BCUT2D eigenvalue weighted by Gasteiger charge is -2.23. The number of hydrogen-bond donors (Lipinski definition) is 5. The number of phenols is 2. The van der Waals surface area contributed by atoms with Crippen LogP contribution in [0.15, 0.2) is 66.7 Å². The van der Waals surface area contributed by atoms with E-state index < -0.39 is 16.1 Å². The van der Waals surface area contributed by atoms with Gasteiger partial charge in [0.05, 0.1) is 25.2 Å². The lowest BCUT2D eigenvalue weighted by Crippen LogP contribution is -2.28. The summed E-state index contributed by atoms with van der Waals surface area (Å²) in [6.07, 6.45) is 0.637. The summed E-state index contributed by atoms with van der Waals surface area (Å²) in [5.74, 6) is 0.153. The highest BCUT2D eigenvalue weighted by atomic mass is 32.2. The lowest BCUT2D eigenvalue weighted by molar-refractivity contribution is 0.169. The molecule has 0 saturated carbocycles. The predicted molar refractivity (Wildman–Crippen MR) is 127 cm³/mol. The molecule has 0 saturated heterocycles. The molecule has 9 heteroatoms. The normalized spacial score (nSPS) is 13.3. The van der Waals surface area contributed by atoms with Crippen LogP contribution < -0.4 is 14.8 Å². The second-order valence-electron chi connectivity index (χ2n) is 7.75. The first-order valence-corrected chi connectivity index (χ1v) is 12.2. The fourth-order valence-corrected chi connectivity index (χ4v) is 4.05. The van der Waals surface area contributed by atoms with Crippen LogP contribution >= 0.6 is 0 Å². The van der Waals surface area contributed by atoms with Crippen molar-refractivity contribution in [2.45, 2.75) is 18.6 Å². The van der Waals surface area contributed by atoms with Crippen molar-refractivity contribution in [3.05, 3.63) is 83.4 Å². The highest BCUT2D eigenvalue weighted by molar-refractivity contribution is 7.92. The molecule has 8 nitrogen and oxygen atoms in total. The first kappa shape index (κ1) is 24.4. The minimum Gasteiger partial charge on any atom is -0.506 e. The number of phenolic OH excluding ortho intramolecular Hbond substituents is 2. The van der Waals surface area contributed by atoms with E-state index >= 15 is 0 Å². The van der Waals surface area contributed by atoms with Gasteiger partial charge in [-0.15, -0.1) is 0 Å². The SMILES string of the molecule is COc1cc(C(Cc2ccccc2)NC[C@H](O)c2ccc(O)c(NS(C)(=O)=O)c2)ccc1O. The van der Waals surface area contributed by atoms with E-state index in [1.54, 1.807) is 18.2 Å². The summed E-state index contributed by atoms with van der Waals surface area (Å²) in [7, 11) is -2.11. The Hall–Kier alpha value is -3.27. The molecule has 3 aromatic rings. The third-order valence-electron chi connectivity index (χ3n) is 5.15. The second-order valence-corrected chi connectivity index (χ2v) is 9.50. The van der Waals surface area contributed by atoms with E-state index in [1.807, 2.05) is 30.3 Å². The molecule has 2 atom stereocenters. The smallest absolute Gasteiger partial charge is 0.229 e. The van der Waals surface area contributed by atoms with Crippen LogP contribution in [0, 0.1) is 0 Å². The number of sulfonamides is 1. The second kappa shape index (κ2) is 10.6. The van der Waals surface area contributed by atoms with Gasteiger partial charge in [0.15, 0.2) is 11.5 Å². The number of anilines is 1. The topological polar surface area (TPSA) is 128 Å². The fourth-order valence-electron chi connectivity index (χ4n) is 3.48. The van der Waals surface area contributed by atoms with Crippen LogP contribution in [0.1, 0.15) is 28.8 Å². The Kier molecular flexibility index (Phi) is 7.80. The average molecular weight is 473 g/mol. The molecular formula is C24H28N2O6S. The van der Waals surface area contributed by atoms with Gasteiger partial charge in [-0.25, -0.2) is 8.42 Å². The Morgan fingerprint density at radius 1 is 0.939 bits per heavy atom. The van der Waals surface area contributed by atoms with Gasteiger partial charge in [0, 0.05) is 12.6 Å². The molecule has 0 aliphatic rings. The molecule has 0 fully saturated rings. The van der Waals surface area contributed by atoms with Crippen LogP contribution in [0.4, 0.5) is 5.69 Å². The van der Waals surface area contributed by atoms with Crippen molar-refractivity contribution in [3.8, 4) is 17.2 Å². The molecule has 33 heavy (non-hydrogen) atoms. The molecule has 176 valence electrons. The van der Waals surface area contributed by atoms with Crippen molar-refractivity contribution in [3.63, 3.8) is 0 Å². The number of benzene rings is 3. The number of aliphatic hydroxyl groups is 1. The van der Waals surface area contributed by atoms with E-state index in [0.717, 1.165) is 17.4 Å². The quantitative estimate of drug-likeness (QED) is 0.287. The zero-order valence-electron chi connectivity index (χ0n) is 18.4. The van der Waals surface area contributed by atoms with E-state index in [2.05, 4.69) is 10.0 Å². The summed E-state index contributed by atoms with van der Waals surface area (Å²) in [6.45, 7) is 0.157. The van der Waals surface area contributed by atoms with Gasteiger partial charge in [0.2, 0.25) is 10.0 Å². The molecular weight excluding hydrogens is 444 g/mol. The minimum atomic E-state index is -3.59. The maximum atomic E-state index is 11.5. The van der Waals surface area contributed by atoms with E-state index in [1.165, 1.54) is 25.3 Å².